The first kappa shape index (κ1) is 7.14. The molecule has 1 aliphatic carbocycles. The fraction of sp³-hybridized carbons (Fsp3) is 0.889. The van der Waals surface area contributed by atoms with Crippen LogP contribution in [0.5, 0.6) is 0 Å². The normalized spacial score (nSPS) is 36.3. The van der Waals surface area contributed by atoms with Crippen LogP contribution >= 0.6 is 0 Å². The maximum Gasteiger partial charge on any atom is 0.186 e. The Morgan fingerprint density at radius 2 is 2.18 bits per heavy atom. The highest BCUT2D eigenvalue weighted by Crippen LogP contribution is 2.35. The molecule has 1 unspecified atom stereocenters. The summed E-state index contributed by atoms with van der Waals surface area (Å²) < 4.78 is 5.23. The van der Waals surface area contributed by atoms with Crippen LogP contribution in [0.2, 0.25) is 0 Å². The number of aliphatic imine (C=N–C) groups is 1. The van der Waals surface area contributed by atoms with Gasteiger partial charge in [-0.3, -0.25) is 4.99 Å². The number of ether oxygens (including phenoxy) is 1. The van der Waals surface area contributed by atoms with E-state index in [4.69, 9.17) is 4.74 Å². The standard InChI is InChI=1S/C9H15NO/c1-11-9-8-5-3-2-4-7(8)6-10-9/h7-8H,2-6H2,1H3/t7?,8-/m0/s1. The van der Waals surface area contributed by atoms with E-state index in [0.717, 1.165) is 18.4 Å². The van der Waals surface area contributed by atoms with Gasteiger partial charge in [-0.2, -0.15) is 0 Å². The molecule has 1 heterocycles. The van der Waals surface area contributed by atoms with E-state index in [1.165, 1.54) is 25.7 Å². The lowest BCUT2D eigenvalue weighted by atomic mass is 9.81. The smallest absolute Gasteiger partial charge is 0.186 e. The molecule has 0 amide bonds. The molecule has 11 heavy (non-hydrogen) atoms. The zero-order chi connectivity index (χ0) is 7.68. The summed E-state index contributed by atoms with van der Waals surface area (Å²) in [6.45, 7) is 1.02. The number of fused-ring (bicyclic) bond motifs is 1. The van der Waals surface area contributed by atoms with E-state index >= 15 is 0 Å². The van der Waals surface area contributed by atoms with Crippen LogP contribution in [0.25, 0.3) is 0 Å². The van der Waals surface area contributed by atoms with Gasteiger partial charge in [-0.05, 0) is 18.8 Å². The third-order valence-corrected chi connectivity index (χ3v) is 2.92. The van der Waals surface area contributed by atoms with Gasteiger partial charge in [-0.1, -0.05) is 12.8 Å². The largest absolute Gasteiger partial charge is 0.484 e. The van der Waals surface area contributed by atoms with Crippen LogP contribution in [0.1, 0.15) is 25.7 Å². The van der Waals surface area contributed by atoms with Gasteiger partial charge in [0.15, 0.2) is 5.90 Å². The molecule has 1 fully saturated rings. The SMILES string of the molecule is COC1=NCC2CCCC[C@H]12. The van der Waals surface area contributed by atoms with Gasteiger partial charge in [0.25, 0.3) is 0 Å². The van der Waals surface area contributed by atoms with Crippen LogP contribution in [-0.2, 0) is 4.74 Å². The molecule has 0 bridgehead atoms. The molecule has 2 heteroatoms. The molecule has 1 saturated carbocycles. The van der Waals surface area contributed by atoms with E-state index in [1.54, 1.807) is 7.11 Å². The Kier molecular flexibility index (Phi) is 1.84. The Hall–Kier alpha value is -0.530. The third kappa shape index (κ3) is 1.15. The maximum absolute atomic E-state index is 5.23. The fourth-order valence-electron chi connectivity index (χ4n) is 2.29. The highest BCUT2D eigenvalue weighted by atomic mass is 16.5. The van der Waals surface area contributed by atoms with Crippen molar-refractivity contribution in [2.45, 2.75) is 25.7 Å². The Bertz CT molecular complexity index is 176. The van der Waals surface area contributed by atoms with Gasteiger partial charge in [-0.15, -0.1) is 0 Å². The first-order chi connectivity index (χ1) is 5.42. The predicted molar refractivity (Wildman–Crippen MR) is 44.8 cm³/mol. The Morgan fingerprint density at radius 1 is 1.36 bits per heavy atom. The minimum atomic E-state index is 0.675. The molecule has 2 aliphatic rings. The summed E-state index contributed by atoms with van der Waals surface area (Å²) in [6, 6.07) is 0. The maximum atomic E-state index is 5.23. The van der Waals surface area contributed by atoms with Gasteiger partial charge < -0.3 is 4.74 Å². The summed E-state index contributed by atoms with van der Waals surface area (Å²) >= 11 is 0. The van der Waals surface area contributed by atoms with Crippen molar-refractivity contribution >= 4 is 5.90 Å². The lowest BCUT2D eigenvalue weighted by Crippen LogP contribution is -2.23. The zero-order valence-electron chi connectivity index (χ0n) is 7.05. The number of hydrogen-bond donors (Lipinski definition) is 0. The van der Waals surface area contributed by atoms with Gasteiger partial charge >= 0.3 is 0 Å². The van der Waals surface area contributed by atoms with Crippen molar-refractivity contribution in [3.05, 3.63) is 0 Å². The van der Waals surface area contributed by atoms with Crippen LogP contribution in [0.4, 0.5) is 0 Å². The Morgan fingerprint density at radius 3 is 3.00 bits per heavy atom. The van der Waals surface area contributed by atoms with Crippen LogP contribution in [-0.4, -0.2) is 19.6 Å². The second kappa shape index (κ2) is 2.84. The van der Waals surface area contributed by atoms with Crippen molar-refractivity contribution in [2.75, 3.05) is 13.7 Å². The predicted octanol–water partition coefficient (Wildman–Crippen LogP) is 1.85. The van der Waals surface area contributed by atoms with Crippen LogP contribution in [0.3, 0.4) is 0 Å². The molecule has 2 atom stereocenters. The average molecular weight is 153 g/mol. The summed E-state index contributed by atoms with van der Waals surface area (Å²) in [7, 11) is 1.75. The molecular formula is C9H15NO. The number of nitrogens with zero attached hydrogens (tertiary/aromatic N) is 1. The fourth-order valence-corrected chi connectivity index (χ4v) is 2.29. The molecular weight excluding hydrogens is 138 g/mol. The van der Waals surface area contributed by atoms with E-state index in [-0.39, 0.29) is 0 Å². The molecule has 2 rings (SSSR count). The highest BCUT2D eigenvalue weighted by molar-refractivity contribution is 5.80. The van der Waals surface area contributed by atoms with Crippen molar-refractivity contribution in [2.24, 2.45) is 16.8 Å². The van der Waals surface area contributed by atoms with Crippen molar-refractivity contribution < 1.29 is 4.74 Å². The number of hydrogen-bond acceptors (Lipinski definition) is 2. The second-order valence-corrected chi connectivity index (χ2v) is 3.53. The van der Waals surface area contributed by atoms with Gasteiger partial charge in [-0.25, -0.2) is 0 Å². The van der Waals surface area contributed by atoms with Gasteiger partial charge in [0.1, 0.15) is 0 Å². The summed E-state index contributed by atoms with van der Waals surface area (Å²) in [5.74, 6) is 2.52. The summed E-state index contributed by atoms with van der Waals surface area (Å²) in [5.41, 5.74) is 0. The van der Waals surface area contributed by atoms with Crippen molar-refractivity contribution in [3.63, 3.8) is 0 Å². The summed E-state index contributed by atoms with van der Waals surface area (Å²) in [4.78, 5) is 4.39. The average Bonchev–Trinajstić information content (AvgIpc) is 2.47. The van der Waals surface area contributed by atoms with Crippen molar-refractivity contribution in [1.29, 1.82) is 0 Å². The Balaban J connectivity index is 2.05. The summed E-state index contributed by atoms with van der Waals surface area (Å²) in [5, 5.41) is 0. The van der Waals surface area contributed by atoms with Crippen LogP contribution < -0.4 is 0 Å². The minimum Gasteiger partial charge on any atom is -0.484 e. The van der Waals surface area contributed by atoms with Crippen molar-refractivity contribution in [1.82, 2.24) is 0 Å². The minimum absolute atomic E-state index is 0.675. The van der Waals surface area contributed by atoms with Crippen LogP contribution in [0, 0.1) is 11.8 Å². The van der Waals surface area contributed by atoms with Gasteiger partial charge in [0, 0.05) is 12.5 Å². The molecule has 0 aromatic rings. The molecule has 62 valence electrons. The first-order valence-electron chi connectivity index (χ1n) is 4.50. The molecule has 0 radical (unpaired) electrons. The number of methoxy groups -OCH3 is 1. The molecule has 2 nitrogen and oxygen atoms in total. The Labute approximate surface area is 67.7 Å². The highest BCUT2D eigenvalue weighted by Gasteiger charge is 2.33. The summed E-state index contributed by atoms with van der Waals surface area (Å²) in [6.07, 6.45) is 5.43. The first-order valence-corrected chi connectivity index (χ1v) is 4.50. The topological polar surface area (TPSA) is 21.6 Å². The molecule has 1 aliphatic heterocycles. The lowest BCUT2D eigenvalue weighted by molar-refractivity contribution is 0.286. The zero-order valence-corrected chi connectivity index (χ0v) is 7.05. The van der Waals surface area contributed by atoms with Gasteiger partial charge in [0.2, 0.25) is 0 Å². The van der Waals surface area contributed by atoms with E-state index < -0.39 is 0 Å². The molecule has 0 N–H and O–H groups in total. The van der Waals surface area contributed by atoms with E-state index in [1.807, 2.05) is 0 Å². The molecule has 0 aromatic heterocycles. The number of rotatable bonds is 0. The monoisotopic (exact) mass is 153 g/mol. The third-order valence-electron chi connectivity index (χ3n) is 2.92. The van der Waals surface area contributed by atoms with Crippen LogP contribution in [0.15, 0.2) is 4.99 Å². The molecule has 0 aromatic carbocycles. The molecule has 0 spiro atoms. The quantitative estimate of drug-likeness (QED) is 0.520. The van der Waals surface area contributed by atoms with Gasteiger partial charge in [0.05, 0.1) is 7.11 Å². The van der Waals surface area contributed by atoms with E-state index in [2.05, 4.69) is 4.99 Å². The van der Waals surface area contributed by atoms with Crippen molar-refractivity contribution in [3.8, 4) is 0 Å². The molecule has 0 saturated heterocycles. The van der Waals surface area contributed by atoms with E-state index in [9.17, 15) is 0 Å². The lowest BCUT2D eigenvalue weighted by Gasteiger charge is -2.24. The van der Waals surface area contributed by atoms with E-state index in [0.29, 0.717) is 5.92 Å². The second-order valence-electron chi connectivity index (χ2n) is 3.53.